The fourth-order valence-electron chi connectivity index (χ4n) is 3.66. The van der Waals surface area contributed by atoms with Crippen molar-refractivity contribution in [2.75, 3.05) is 13.1 Å². The number of benzene rings is 2. The summed E-state index contributed by atoms with van der Waals surface area (Å²) in [6.45, 7) is 1.87. The number of nitrogens with one attached hydrogen (secondary N) is 1. The second kappa shape index (κ2) is 7.60. The number of alkyl halides is 3. The van der Waals surface area contributed by atoms with E-state index in [1.54, 1.807) is 0 Å². The van der Waals surface area contributed by atoms with Crippen LogP contribution in [0.5, 0.6) is 0 Å². The zero-order valence-corrected chi connectivity index (χ0v) is 14.6. The third kappa shape index (κ3) is 4.08. The van der Waals surface area contributed by atoms with Crippen LogP contribution in [-0.4, -0.2) is 23.9 Å². The van der Waals surface area contributed by atoms with Crippen molar-refractivity contribution >= 4 is 5.91 Å². The Morgan fingerprint density at radius 1 is 1.00 bits per heavy atom. The highest BCUT2D eigenvalue weighted by Crippen LogP contribution is 2.37. The van der Waals surface area contributed by atoms with Gasteiger partial charge in [0.2, 0.25) is 0 Å². The number of hydrogen-bond donors (Lipinski definition) is 1. The lowest BCUT2D eigenvalue weighted by molar-refractivity contribution is -0.406. The molecule has 1 saturated heterocycles. The molecule has 0 atom stereocenters. The lowest BCUT2D eigenvalue weighted by Crippen LogP contribution is -2.77. The number of halogens is 3. The molecule has 0 bridgehead atoms. The third-order valence-electron chi connectivity index (χ3n) is 5.25. The number of nitrogens with zero attached hydrogens (tertiary/aromatic N) is 1. The number of carbonyl (C=O) groups is 1. The summed E-state index contributed by atoms with van der Waals surface area (Å²) < 4.78 is 38.4. The van der Waals surface area contributed by atoms with Crippen LogP contribution in [0.2, 0.25) is 0 Å². The van der Waals surface area contributed by atoms with E-state index in [0.717, 1.165) is 24.2 Å². The Labute approximate surface area is 155 Å². The minimum Gasteiger partial charge on any atom is -0.299 e. The predicted octanol–water partition coefficient (Wildman–Crippen LogP) is 2.61. The van der Waals surface area contributed by atoms with Crippen molar-refractivity contribution < 1.29 is 23.1 Å². The molecule has 27 heavy (non-hydrogen) atoms. The first kappa shape index (κ1) is 19.2. The van der Waals surface area contributed by atoms with Gasteiger partial charge in [-0.25, -0.2) is 4.79 Å². The molecular formula is C20H20F3N2O2+. The second-order valence-electron chi connectivity index (χ2n) is 6.85. The zero-order valence-electron chi connectivity index (χ0n) is 14.6. The maximum absolute atomic E-state index is 12.8. The molecule has 1 aliphatic heterocycles. The summed E-state index contributed by atoms with van der Waals surface area (Å²) in [5.41, 5.74) is -0.277. The van der Waals surface area contributed by atoms with Gasteiger partial charge in [0.15, 0.2) is 0 Å². The molecule has 0 unspecified atom stereocenters. The van der Waals surface area contributed by atoms with Crippen molar-refractivity contribution in [1.82, 2.24) is 4.90 Å². The summed E-state index contributed by atoms with van der Waals surface area (Å²) in [4.78, 5) is 25.7. The van der Waals surface area contributed by atoms with Gasteiger partial charge in [-0.1, -0.05) is 42.5 Å². The van der Waals surface area contributed by atoms with Crippen molar-refractivity contribution in [1.29, 1.82) is 0 Å². The Kier molecular flexibility index (Phi) is 5.41. The van der Waals surface area contributed by atoms with Crippen molar-refractivity contribution in [3.05, 3.63) is 76.2 Å². The van der Waals surface area contributed by atoms with Gasteiger partial charge in [-0.05, 0) is 36.1 Å². The van der Waals surface area contributed by atoms with Gasteiger partial charge in [0.05, 0.1) is 10.7 Å². The molecule has 0 radical (unpaired) electrons. The van der Waals surface area contributed by atoms with E-state index in [-0.39, 0.29) is 0 Å². The summed E-state index contributed by atoms with van der Waals surface area (Å²) in [6, 6.07) is 14.4. The summed E-state index contributed by atoms with van der Waals surface area (Å²) in [7, 11) is 0. The Balaban J connectivity index is 1.79. The Morgan fingerprint density at radius 2 is 1.59 bits per heavy atom. The highest BCUT2D eigenvalue weighted by atomic mass is 19.4. The molecule has 142 valence electrons. The number of nitroso groups, excluding NO2 is 1. The van der Waals surface area contributed by atoms with Gasteiger partial charge < -0.3 is 0 Å². The van der Waals surface area contributed by atoms with Gasteiger partial charge in [-0.15, -0.1) is 0 Å². The van der Waals surface area contributed by atoms with Crippen LogP contribution in [0.4, 0.5) is 13.2 Å². The van der Waals surface area contributed by atoms with E-state index in [4.69, 9.17) is 0 Å². The Bertz CT molecular complexity index is 796. The highest BCUT2D eigenvalue weighted by Gasteiger charge is 2.48. The van der Waals surface area contributed by atoms with Crippen molar-refractivity contribution in [3.63, 3.8) is 0 Å². The normalized spacial score (nSPS) is 17.4. The number of carbonyl (C=O) groups excluding carboxylic acids is 1. The monoisotopic (exact) mass is 377 g/mol. The van der Waals surface area contributed by atoms with Crippen LogP contribution in [0.1, 0.15) is 29.5 Å². The van der Waals surface area contributed by atoms with Crippen LogP contribution in [0.15, 0.2) is 54.6 Å². The van der Waals surface area contributed by atoms with E-state index in [2.05, 4.69) is 4.90 Å². The molecular weight excluding hydrogens is 357 g/mol. The van der Waals surface area contributed by atoms with Crippen molar-refractivity contribution in [3.8, 4) is 0 Å². The summed E-state index contributed by atoms with van der Waals surface area (Å²) in [5, 5.41) is 1.45. The zero-order chi connectivity index (χ0) is 19.5. The van der Waals surface area contributed by atoms with Crippen LogP contribution in [0, 0.1) is 4.91 Å². The van der Waals surface area contributed by atoms with E-state index in [1.165, 1.54) is 17.3 Å². The van der Waals surface area contributed by atoms with Gasteiger partial charge in [0, 0.05) is 24.5 Å². The number of likely N-dealkylation sites (tertiary alicyclic amines) is 1. The molecule has 0 saturated carbocycles. The second-order valence-corrected chi connectivity index (χ2v) is 6.85. The molecule has 1 N–H and O–H groups in total. The van der Waals surface area contributed by atoms with E-state index >= 15 is 0 Å². The highest BCUT2D eigenvalue weighted by molar-refractivity contribution is 5.80. The molecule has 2 aromatic rings. The molecule has 1 heterocycles. The molecule has 2 aromatic carbocycles. The van der Waals surface area contributed by atoms with Crippen molar-refractivity contribution in [2.45, 2.75) is 31.0 Å². The minimum absolute atomic E-state index is 0.374. The molecule has 1 fully saturated rings. The smallest absolute Gasteiger partial charge is 0.299 e. The van der Waals surface area contributed by atoms with Gasteiger partial charge in [0.1, 0.15) is 5.41 Å². The van der Waals surface area contributed by atoms with Crippen LogP contribution in [0.3, 0.4) is 0 Å². The molecule has 3 rings (SSSR count). The van der Waals surface area contributed by atoms with Crippen molar-refractivity contribution in [2.24, 2.45) is 0 Å². The molecule has 0 aromatic heterocycles. The quantitative estimate of drug-likeness (QED) is 0.891. The summed E-state index contributed by atoms with van der Waals surface area (Å²) >= 11 is 0. The van der Waals surface area contributed by atoms with E-state index in [1.807, 2.05) is 30.3 Å². The number of hydrogen-bond acceptors (Lipinski definition) is 3. The molecule has 1 aliphatic rings. The van der Waals surface area contributed by atoms with Crippen LogP contribution < -0.4 is 5.18 Å². The first-order valence-corrected chi connectivity index (χ1v) is 8.72. The lowest BCUT2D eigenvalue weighted by Gasteiger charge is -2.37. The van der Waals surface area contributed by atoms with Crippen LogP contribution in [-0.2, 0) is 22.9 Å². The number of piperidine rings is 1. The molecule has 0 spiro atoms. The molecule has 7 heteroatoms. The van der Waals surface area contributed by atoms with E-state index < -0.39 is 23.1 Å². The summed E-state index contributed by atoms with van der Waals surface area (Å²) in [5.74, 6) is -0.693. The SMILES string of the molecule is O=[NH+]C(=O)C1(c2ccc(C(F)(F)F)cc2)CCN(Cc2ccccc2)CC1. The lowest BCUT2D eigenvalue weighted by atomic mass is 9.72. The fourth-order valence-corrected chi connectivity index (χ4v) is 3.66. The van der Waals surface area contributed by atoms with Gasteiger partial charge in [0.25, 0.3) is 0 Å². The topological polar surface area (TPSA) is 51.4 Å². The minimum atomic E-state index is -4.44. The molecule has 0 aliphatic carbocycles. The first-order chi connectivity index (χ1) is 12.8. The number of rotatable bonds is 4. The molecule has 1 amide bonds. The predicted molar refractivity (Wildman–Crippen MR) is 93.4 cm³/mol. The van der Waals surface area contributed by atoms with Crippen LogP contribution >= 0.6 is 0 Å². The number of amides is 1. The average molecular weight is 377 g/mol. The Morgan fingerprint density at radius 3 is 2.11 bits per heavy atom. The maximum Gasteiger partial charge on any atom is 0.441 e. The van der Waals surface area contributed by atoms with E-state index in [0.29, 0.717) is 31.5 Å². The van der Waals surface area contributed by atoms with Gasteiger partial charge >= 0.3 is 12.1 Å². The summed E-state index contributed by atoms with van der Waals surface area (Å²) in [6.07, 6.45) is -3.69. The molecule has 4 nitrogen and oxygen atoms in total. The van der Waals surface area contributed by atoms with E-state index in [9.17, 15) is 22.9 Å². The van der Waals surface area contributed by atoms with Gasteiger partial charge in [-0.3, -0.25) is 4.90 Å². The van der Waals surface area contributed by atoms with Crippen LogP contribution in [0.25, 0.3) is 0 Å². The fraction of sp³-hybridized carbons (Fsp3) is 0.350. The average Bonchev–Trinajstić information content (AvgIpc) is 2.68. The largest absolute Gasteiger partial charge is 0.441 e. The third-order valence-corrected chi connectivity index (χ3v) is 5.25. The Hall–Kier alpha value is -2.54. The first-order valence-electron chi connectivity index (χ1n) is 8.72. The van der Waals surface area contributed by atoms with Gasteiger partial charge in [-0.2, -0.15) is 13.2 Å². The maximum atomic E-state index is 12.8. The standard InChI is InChI=1S/C20H19F3N2O2/c21-20(22,23)17-8-6-16(7-9-17)19(18(26)24-27)10-12-25(13-11-19)14-15-4-2-1-3-5-15/h1-9H,10-14H2/p+1.